The van der Waals surface area contributed by atoms with Crippen molar-refractivity contribution in [1.29, 1.82) is 0 Å². The van der Waals surface area contributed by atoms with Gasteiger partial charge in [0.05, 0.1) is 7.11 Å². The SMILES string of the molecule is C=C(CC)C(=C)OC. The first-order valence-corrected chi connectivity index (χ1v) is 2.63. The van der Waals surface area contributed by atoms with E-state index in [9.17, 15) is 0 Å². The molecule has 0 N–H and O–H groups in total. The Labute approximate surface area is 50.7 Å². The summed E-state index contributed by atoms with van der Waals surface area (Å²) in [7, 11) is 1.60. The average molecular weight is 112 g/mol. The second kappa shape index (κ2) is 3.30. The highest BCUT2D eigenvalue weighted by molar-refractivity contribution is 5.17. The van der Waals surface area contributed by atoms with Crippen LogP contribution in [0.5, 0.6) is 0 Å². The Hall–Kier alpha value is -0.720. The summed E-state index contributed by atoms with van der Waals surface area (Å²) in [6.07, 6.45) is 0.909. The molecule has 1 heteroatoms. The minimum Gasteiger partial charge on any atom is -0.497 e. The van der Waals surface area contributed by atoms with Gasteiger partial charge in [0.25, 0.3) is 0 Å². The fraction of sp³-hybridized carbons (Fsp3) is 0.429. The van der Waals surface area contributed by atoms with Gasteiger partial charge in [-0.3, -0.25) is 0 Å². The third-order valence-electron chi connectivity index (χ3n) is 1.07. The predicted molar refractivity (Wildman–Crippen MR) is 35.6 cm³/mol. The van der Waals surface area contributed by atoms with Gasteiger partial charge in [0.15, 0.2) is 0 Å². The Morgan fingerprint density at radius 1 is 1.50 bits per heavy atom. The van der Waals surface area contributed by atoms with Crippen molar-refractivity contribution in [2.45, 2.75) is 13.3 Å². The molecule has 0 unspecified atom stereocenters. The molecule has 0 fully saturated rings. The molecular formula is C7H12O. The van der Waals surface area contributed by atoms with Crippen LogP contribution in [0, 0.1) is 0 Å². The highest BCUT2D eigenvalue weighted by Gasteiger charge is 1.92. The van der Waals surface area contributed by atoms with Crippen LogP contribution in [0.2, 0.25) is 0 Å². The van der Waals surface area contributed by atoms with Gasteiger partial charge in [-0.05, 0) is 12.0 Å². The molecule has 0 aliphatic rings. The second-order valence-corrected chi connectivity index (χ2v) is 1.58. The lowest BCUT2D eigenvalue weighted by Gasteiger charge is -2.02. The van der Waals surface area contributed by atoms with Crippen LogP contribution in [0.15, 0.2) is 24.5 Å². The molecule has 0 aromatic heterocycles. The molecule has 0 bridgehead atoms. The zero-order valence-corrected chi connectivity index (χ0v) is 5.53. The van der Waals surface area contributed by atoms with Gasteiger partial charge < -0.3 is 4.74 Å². The molecule has 0 aliphatic heterocycles. The van der Waals surface area contributed by atoms with Gasteiger partial charge in [-0.25, -0.2) is 0 Å². The predicted octanol–water partition coefficient (Wildman–Crippen LogP) is 2.11. The smallest absolute Gasteiger partial charge is 0.114 e. The topological polar surface area (TPSA) is 9.23 Å². The van der Waals surface area contributed by atoms with E-state index in [0.29, 0.717) is 5.76 Å². The summed E-state index contributed by atoms with van der Waals surface area (Å²) in [6.45, 7) is 9.36. The molecular weight excluding hydrogens is 100 g/mol. The zero-order valence-electron chi connectivity index (χ0n) is 5.53. The van der Waals surface area contributed by atoms with Gasteiger partial charge in [0.1, 0.15) is 5.76 Å². The highest BCUT2D eigenvalue weighted by atomic mass is 16.5. The lowest BCUT2D eigenvalue weighted by molar-refractivity contribution is 0.301. The number of rotatable bonds is 3. The average Bonchev–Trinajstić information content (AvgIpc) is 1.84. The molecule has 0 saturated heterocycles. The summed E-state index contributed by atoms with van der Waals surface area (Å²) < 4.78 is 4.81. The van der Waals surface area contributed by atoms with Crippen LogP contribution < -0.4 is 0 Å². The van der Waals surface area contributed by atoms with Crippen molar-refractivity contribution < 1.29 is 4.74 Å². The van der Waals surface area contributed by atoms with Crippen molar-refractivity contribution in [1.82, 2.24) is 0 Å². The van der Waals surface area contributed by atoms with Crippen molar-refractivity contribution in [2.24, 2.45) is 0 Å². The van der Waals surface area contributed by atoms with Crippen LogP contribution in [-0.2, 0) is 4.74 Å². The summed E-state index contributed by atoms with van der Waals surface area (Å²) in [4.78, 5) is 0. The summed E-state index contributed by atoms with van der Waals surface area (Å²) >= 11 is 0. The maximum atomic E-state index is 4.81. The molecule has 0 radical (unpaired) electrons. The second-order valence-electron chi connectivity index (χ2n) is 1.58. The molecule has 0 heterocycles. The number of methoxy groups -OCH3 is 1. The van der Waals surface area contributed by atoms with Gasteiger partial charge in [-0.2, -0.15) is 0 Å². The largest absolute Gasteiger partial charge is 0.497 e. The van der Waals surface area contributed by atoms with Crippen LogP contribution in [0.3, 0.4) is 0 Å². The van der Waals surface area contributed by atoms with E-state index in [0.717, 1.165) is 12.0 Å². The highest BCUT2D eigenvalue weighted by Crippen LogP contribution is 2.07. The van der Waals surface area contributed by atoms with E-state index in [4.69, 9.17) is 4.74 Å². The van der Waals surface area contributed by atoms with Crippen molar-refractivity contribution in [3.05, 3.63) is 24.5 Å². The van der Waals surface area contributed by atoms with E-state index in [1.54, 1.807) is 7.11 Å². The Morgan fingerprint density at radius 2 is 2.00 bits per heavy atom. The molecule has 0 rings (SSSR count). The van der Waals surface area contributed by atoms with Crippen molar-refractivity contribution in [3.8, 4) is 0 Å². The monoisotopic (exact) mass is 112 g/mol. The molecule has 0 spiro atoms. The fourth-order valence-electron chi connectivity index (χ4n) is 0.342. The molecule has 0 saturated carbocycles. The van der Waals surface area contributed by atoms with Gasteiger partial charge in [0.2, 0.25) is 0 Å². The Bertz CT molecular complexity index is 89.0. The summed E-state index contributed by atoms with van der Waals surface area (Å²) in [5, 5.41) is 0. The molecule has 0 aromatic rings. The van der Waals surface area contributed by atoms with Crippen molar-refractivity contribution in [3.63, 3.8) is 0 Å². The molecule has 46 valence electrons. The van der Waals surface area contributed by atoms with Crippen LogP contribution in [0.25, 0.3) is 0 Å². The van der Waals surface area contributed by atoms with Crippen molar-refractivity contribution >= 4 is 0 Å². The van der Waals surface area contributed by atoms with E-state index < -0.39 is 0 Å². The van der Waals surface area contributed by atoms with E-state index >= 15 is 0 Å². The third-order valence-corrected chi connectivity index (χ3v) is 1.07. The quantitative estimate of drug-likeness (QED) is 0.401. The van der Waals surface area contributed by atoms with E-state index in [1.165, 1.54) is 0 Å². The lowest BCUT2D eigenvalue weighted by Crippen LogP contribution is -1.85. The van der Waals surface area contributed by atoms with Crippen LogP contribution in [-0.4, -0.2) is 7.11 Å². The summed E-state index contributed by atoms with van der Waals surface area (Å²) in [6, 6.07) is 0. The zero-order chi connectivity index (χ0) is 6.57. The normalized spacial score (nSPS) is 8.25. The maximum absolute atomic E-state index is 4.81. The molecule has 8 heavy (non-hydrogen) atoms. The van der Waals surface area contributed by atoms with Crippen LogP contribution in [0.1, 0.15) is 13.3 Å². The van der Waals surface area contributed by atoms with Gasteiger partial charge in [0, 0.05) is 0 Å². The Morgan fingerprint density at radius 3 is 2.12 bits per heavy atom. The minimum absolute atomic E-state index is 0.688. The van der Waals surface area contributed by atoms with Crippen LogP contribution >= 0.6 is 0 Å². The Balaban J connectivity index is 3.64. The molecule has 0 atom stereocenters. The van der Waals surface area contributed by atoms with Gasteiger partial charge >= 0.3 is 0 Å². The first-order valence-electron chi connectivity index (χ1n) is 2.63. The molecule has 0 aromatic carbocycles. The number of hydrogen-bond donors (Lipinski definition) is 0. The van der Waals surface area contributed by atoms with Gasteiger partial charge in [-0.1, -0.05) is 20.1 Å². The fourth-order valence-corrected chi connectivity index (χ4v) is 0.342. The minimum atomic E-state index is 0.688. The number of hydrogen-bond acceptors (Lipinski definition) is 1. The van der Waals surface area contributed by atoms with Crippen molar-refractivity contribution in [2.75, 3.05) is 7.11 Å². The Kier molecular flexibility index (Phi) is 3.01. The first-order chi connectivity index (χ1) is 3.72. The number of ether oxygens (including phenoxy) is 1. The number of allylic oxidation sites excluding steroid dienone is 1. The van der Waals surface area contributed by atoms with E-state index in [1.807, 2.05) is 6.92 Å². The molecule has 0 amide bonds. The van der Waals surface area contributed by atoms with E-state index in [2.05, 4.69) is 13.2 Å². The molecule has 0 aliphatic carbocycles. The maximum Gasteiger partial charge on any atom is 0.114 e. The van der Waals surface area contributed by atoms with Gasteiger partial charge in [-0.15, -0.1) is 0 Å². The van der Waals surface area contributed by atoms with E-state index in [-0.39, 0.29) is 0 Å². The summed E-state index contributed by atoms with van der Waals surface area (Å²) in [5.41, 5.74) is 0.965. The third kappa shape index (κ3) is 1.82. The van der Waals surface area contributed by atoms with Crippen LogP contribution in [0.4, 0.5) is 0 Å². The summed E-state index contributed by atoms with van der Waals surface area (Å²) in [5.74, 6) is 0.688. The lowest BCUT2D eigenvalue weighted by atomic mass is 10.2. The molecule has 1 nitrogen and oxygen atoms in total. The first kappa shape index (κ1) is 7.28. The standard InChI is InChI=1S/C7H12O/c1-5-6(2)7(3)8-4/h2-3,5H2,1,4H3.